The maximum Gasteiger partial charge on any atom is 0.336 e. The molecule has 2 aromatic rings. The third-order valence-electron chi connectivity index (χ3n) is 1.97. The number of hydrogen-bond donors (Lipinski definition) is 1. The molecule has 92 valence electrons. The van der Waals surface area contributed by atoms with Crippen LogP contribution in [0.4, 0.5) is 0 Å². The van der Waals surface area contributed by atoms with Crippen LogP contribution in [-0.4, -0.2) is 21.0 Å². The average Bonchev–Trinajstić information content (AvgIpc) is 2.34. The van der Waals surface area contributed by atoms with Gasteiger partial charge in [-0.1, -0.05) is 0 Å². The Morgan fingerprint density at radius 3 is 2.61 bits per heavy atom. The highest BCUT2D eigenvalue weighted by atomic mass is 127. The highest BCUT2D eigenvalue weighted by Crippen LogP contribution is 2.28. The van der Waals surface area contributed by atoms with E-state index in [4.69, 9.17) is 5.11 Å². The summed E-state index contributed by atoms with van der Waals surface area (Å²) in [5.74, 6) is -0.965. The highest BCUT2D eigenvalue weighted by Gasteiger charge is 2.10. The summed E-state index contributed by atoms with van der Waals surface area (Å²) in [6.45, 7) is 0. The van der Waals surface area contributed by atoms with Gasteiger partial charge >= 0.3 is 5.97 Å². The van der Waals surface area contributed by atoms with Crippen LogP contribution in [0.2, 0.25) is 0 Å². The van der Waals surface area contributed by atoms with E-state index >= 15 is 0 Å². The van der Waals surface area contributed by atoms with E-state index in [-0.39, 0.29) is 5.56 Å². The van der Waals surface area contributed by atoms with Crippen LogP contribution in [0, 0.1) is 3.57 Å². The number of nitrogens with zero attached hydrogens (tertiary/aromatic N) is 2. The van der Waals surface area contributed by atoms with Crippen molar-refractivity contribution >= 4 is 56.3 Å². The summed E-state index contributed by atoms with van der Waals surface area (Å²) in [6.07, 6.45) is 3.43. The minimum atomic E-state index is -0.965. The topological polar surface area (TPSA) is 63.1 Å². The van der Waals surface area contributed by atoms with Crippen molar-refractivity contribution in [2.45, 2.75) is 10.1 Å². The lowest BCUT2D eigenvalue weighted by atomic mass is 10.2. The van der Waals surface area contributed by atoms with Crippen LogP contribution < -0.4 is 0 Å². The Morgan fingerprint density at radius 2 is 2.00 bits per heavy atom. The normalized spacial score (nSPS) is 10.3. The van der Waals surface area contributed by atoms with Gasteiger partial charge in [-0.3, -0.25) is 0 Å². The maximum atomic E-state index is 11.0. The third kappa shape index (κ3) is 3.42. The van der Waals surface area contributed by atoms with Crippen molar-refractivity contribution in [2.75, 3.05) is 0 Å². The second-order valence-corrected chi connectivity index (χ2v) is 6.37. The number of aromatic nitrogens is 2. The molecule has 1 aromatic carbocycles. The predicted octanol–water partition coefficient (Wildman–Crippen LogP) is 3.69. The van der Waals surface area contributed by atoms with Crippen molar-refractivity contribution in [3.63, 3.8) is 0 Å². The molecule has 0 atom stereocenters. The van der Waals surface area contributed by atoms with Crippen LogP contribution in [0.5, 0.6) is 0 Å². The van der Waals surface area contributed by atoms with Gasteiger partial charge in [-0.2, -0.15) is 0 Å². The van der Waals surface area contributed by atoms with Gasteiger partial charge in [0, 0.05) is 25.3 Å². The molecule has 2 rings (SSSR count). The van der Waals surface area contributed by atoms with E-state index in [0.717, 1.165) is 8.47 Å². The van der Waals surface area contributed by atoms with Crippen LogP contribution in [-0.2, 0) is 0 Å². The molecule has 4 nitrogen and oxygen atoms in total. The van der Waals surface area contributed by atoms with Crippen LogP contribution in [0.1, 0.15) is 10.4 Å². The van der Waals surface area contributed by atoms with Gasteiger partial charge in [0.25, 0.3) is 0 Å². The first kappa shape index (κ1) is 13.8. The molecule has 1 N–H and O–H groups in total. The fourth-order valence-electron chi connectivity index (χ4n) is 1.19. The molecule has 0 saturated carbocycles. The zero-order valence-corrected chi connectivity index (χ0v) is 13.4. The van der Waals surface area contributed by atoms with Crippen LogP contribution in [0.3, 0.4) is 0 Å². The Kier molecular flexibility index (Phi) is 4.57. The van der Waals surface area contributed by atoms with Gasteiger partial charge < -0.3 is 5.11 Å². The number of rotatable bonds is 3. The van der Waals surface area contributed by atoms with Gasteiger partial charge in [0.1, 0.15) is 0 Å². The molecular formula is C11H6BrIN2O2S. The van der Waals surface area contributed by atoms with E-state index in [9.17, 15) is 4.79 Å². The molecule has 0 amide bonds. The molecule has 1 heterocycles. The fraction of sp³-hybridized carbons (Fsp3) is 0. The first-order chi connectivity index (χ1) is 8.56. The lowest BCUT2D eigenvalue weighted by Gasteiger charge is -2.03. The summed E-state index contributed by atoms with van der Waals surface area (Å²) in [4.78, 5) is 20.1. The molecule has 0 bridgehead atoms. The standard InChI is InChI=1S/C11H6BrIN2O2S/c12-9-2-1-7(3-8(9)10(16)17)18-11-14-4-6(13)5-15-11/h1-5H,(H,16,17). The maximum absolute atomic E-state index is 11.0. The van der Waals surface area contributed by atoms with Gasteiger partial charge in [0.05, 0.1) is 5.56 Å². The van der Waals surface area contributed by atoms with E-state index in [1.807, 2.05) is 6.07 Å². The van der Waals surface area contributed by atoms with E-state index in [1.54, 1.807) is 24.5 Å². The first-order valence-electron chi connectivity index (χ1n) is 4.74. The Bertz CT molecular complexity index is 592. The number of aromatic carboxylic acids is 1. The molecule has 0 fully saturated rings. The van der Waals surface area contributed by atoms with E-state index in [0.29, 0.717) is 9.63 Å². The fourth-order valence-corrected chi connectivity index (χ4v) is 2.62. The third-order valence-corrected chi connectivity index (χ3v) is 4.11. The molecule has 18 heavy (non-hydrogen) atoms. The summed E-state index contributed by atoms with van der Waals surface area (Å²) >= 11 is 6.66. The van der Waals surface area contributed by atoms with E-state index < -0.39 is 5.97 Å². The Hall–Kier alpha value is -0.670. The van der Waals surface area contributed by atoms with Crippen LogP contribution in [0.15, 0.2) is 45.1 Å². The van der Waals surface area contributed by atoms with Crippen molar-refractivity contribution in [1.82, 2.24) is 9.97 Å². The second kappa shape index (κ2) is 5.98. The first-order valence-corrected chi connectivity index (χ1v) is 7.43. The highest BCUT2D eigenvalue weighted by molar-refractivity contribution is 14.1. The van der Waals surface area contributed by atoms with Gasteiger partial charge in [-0.25, -0.2) is 14.8 Å². The van der Waals surface area contributed by atoms with Crippen LogP contribution in [0.25, 0.3) is 0 Å². The number of halogens is 2. The van der Waals surface area contributed by atoms with Crippen molar-refractivity contribution in [1.29, 1.82) is 0 Å². The second-order valence-electron chi connectivity index (χ2n) is 3.23. The Morgan fingerprint density at radius 1 is 1.33 bits per heavy atom. The van der Waals surface area contributed by atoms with Crippen LogP contribution >= 0.6 is 50.3 Å². The van der Waals surface area contributed by atoms with Gasteiger partial charge in [0.15, 0.2) is 5.16 Å². The summed E-state index contributed by atoms with van der Waals surface area (Å²) < 4.78 is 1.52. The number of carboxylic acids is 1. The monoisotopic (exact) mass is 436 g/mol. The predicted molar refractivity (Wildman–Crippen MR) is 80.0 cm³/mol. The van der Waals surface area contributed by atoms with Gasteiger partial charge in [-0.15, -0.1) is 0 Å². The zero-order valence-electron chi connectivity index (χ0n) is 8.80. The van der Waals surface area contributed by atoms with Crippen molar-refractivity contribution in [3.05, 3.63) is 44.2 Å². The van der Waals surface area contributed by atoms with Crippen molar-refractivity contribution in [3.8, 4) is 0 Å². The minimum absolute atomic E-state index is 0.227. The minimum Gasteiger partial charge on any atom is -0.478 e. The molecule has 1 aromatic heterocycles. The number of carbonyl (C=O) groups is 1. The molecule has 0 aliphatic heterocycles. The number of hydrogen-bond acceptors (Lipinski definition) is 4. The van der Waals surface area contributed by atoms with Crippen molar-refractivity contribution < 1.29 is 9.90 Å². The zero-order chi connectivity index (χ0) is 13.1. The lowest BCUT2D eigenvalue weighted by Crippen LogP contribution is -1.97. The largest absolute Gasteiger partial charge is 0.478 e. The summed E-state index contributed by atoms with van der Waals surface area (Å²) in [5, 5.41) is 9.61. The molecule has 0 radical (unpaired) electrons. The lowest BCUT2D eigenvalue weighted by molar-refractivity contribution is 0.0695. The Balaban J connectivity index is 2.27. The number of carboxylic acid groups (broad SMARTS) is 1. The van der Waals surface area contributed by atoms with Gasteiger partial charge in [0.2, 0.25) is 0 Å². The number of benzene rings is 1. The molecule has 0 spiro atoms. The molecule has 0 aliphatic carbocycles. The summed E-state index contributed by atoms with van der Waals surface area (Å²) in [7, 11) is 0. The molecule has 0 aliphatic rings. The summed E-state index contributed by atoms with van der Waals surface area (Å²) in [5.41, 5.74) is 0.227. The molecular weight excluding hydrogens is 431 g/mol. The molecule has 7 heteroatoms. The van der Waals surface area contributed by atoms with E-state index in [2.05, 4.69) is 48.5 Å². The summed E-state index contributed by atoms with van der Waals surface area (Å²) in [6, 6.07) is 5.12. The van der Waals surface area contributed by atoms with Crippen molar-refractivity contribution in [2.24, 2.45) is 0 Å². The quantitative estimate of drug-likeness (QED) is 0.587. The van der Waals surface area contributed by atoms with E-state index in [1.165, 1.54) is 11.8 Å². The molecule has 0 saturated heterocycles. The Labute approximate surface area is 130 Å². The smallest absolute Gasteiger partial charge is 0.336 e. The average molecular weight is 437 g/mol. The van der Waals surface area contributed by atoms with Gasteiger partial charge in [-0.05, 0) is 68.5 Å². The SMILES string of the molecule is O=C(O)c1cc(Sc2ncc(I)cn2)ccc1Br. The molecule has 0 unspecified atom stereocenters.